The lowest BCUT2D eigenvalue weighted by atomic mass is 10.3. The van der Waals surface area contributed by atoms with E-state index >= 15 is 0 Å². The zero-order chi connectivity index (χ0) is 16.1. The number of carbonyl (C=O) groups excluding carboxylic acids is 1. The molecular formula is C13H22N5O4+. The Morgan fingerprint density at radius 3 is 2.73 bits per heavy atom. The van der Waals surface area contributed by atoms with Crippen LogP contribution >= 0.6 is 0 Å². The summed E-state index contributed by atoms with van der Waals surface area (Å²) in [4.78, 5) is 23.8. The predicted octanol–water partition coefficient (Wildman–Crippen LogP) is -1.56. The largest absolute Gasteiger partial charge is 0.370 e. The van der Waals surface area contributed by atoms with Gasteiger partial charge in [0, 0.05) is 0 Å². The van der Waals surface area contributed by atoms with Gasteiger partial charge in [0.25, 0.3) is 0 Å². The summed E-state index contributed by atoms with van der Waals surface area (Å²) in [6.07, 6.45) is 0. The summed E-state index contributed by atoms with van der Waals surface area (Å²) in [6.45, 7) is 8.04. The first-order valence-corrected chi connectivity index (χ1v) is 7.35. The number of ether oxygens (including phenoxy) is 1. The van der Waals surface area contributed by atoms with Crippen LogP contribution in [0.25, 0.3) is 0 Å². The lowest BCUT2D eigenvalue weighted by Gasteiger charge is -2.23. The van der Waals surface area contributed by atoms with Gasteiger partial charge in [0.2, 0.25) is 5.91 Å². The number of amides is 1. The highest BCUT2D eigenvalue weighted by Gasteiger charge is 2.22. The SMILES string of the molecule is Cc1nn(CC(=O)NCC[NH+]2CCOCC2)c(C)c1[N+](=O)[O-]. The maximum atomic E-state index is 11.9. The smallest absolute Gasteiger partial charge is 0.312 e. The zero-order valence-electron chi connectivity index (χ0n) is 12.9. The number of morpholine rings is 1. The van der Waals surface area contributed by atoms with Crippen molar-refractivity contribution in [3.05, 3.63) is 21.5 Å². The van der Waals surface area contributed by atoms with Gasteiger partial charge in [-0.25, -0.2) is 0 Å². The maximum Gasteiger partial charge on any atom is 0.312 e. The molecular weight excluding hydrogens is 290 g/mol. The molecule has 2 rings (SSSR count). The van der Waals surface area contributed by atoms with Gasteiger partial charge in [-0.3, -0.25) is 19.6 Å². The van der Waals surface area contributed by atoms with E-state index in [9.17, 15) is 14.9 Å². The highest BCUT2D eigenvalue weighted by Crippen LogP contribution is 2.21. The molecule has 0 aromatic carbocycles. The molecule has 0 saturated carbocycles. The maximum absolute atomic E-state index is 11.9. The van der Waals surface area contributed by atoms with Crippen molar-refractivity contribution in [2.75, 3.05) is 39.4 Å². The van der Waals surface area contributed by atoms with Crippen molar-refractivity contribution in [2.24, 2.45) is 0 Å². The van der Waals surface area contributed by atoms with Crippen LogP contribution in [0.1, 0.15) is 11.4 Å². The second-order valence-corrected chi connectivity index (χ2v) is 5.40. The molecule has 2 N–H and O–H groups in total. The van der Waals surface area contributed by atoms with Crippen molar-refractivity contribution in [3.63, 3.8) is 0 Å². The Kier molecular flexibility index (Phi) is 5.45. The number of nitrogens with one attached hydrogen (secondary N) is 2. The monoisotopic (exact) mass is 312 g/mol. The van der Waals surface area contributed by atoms with Crippen LogP contribution in [0.4, 0.5) is 5.69 Å². The molecule has 1 amide bonds. The van der Waals surface area contributed by atoms with Crippen LogP contribution in [0.15, 0.2) is 0 Å². The Labute approximate surface area is 128 Å². The van der Waals surface area contributed by atoms with Gasteiger partial charge in [0.05, 0.1) is 31.2 Å². The van der Waals surface area contributed by atoms with E-state index in [4.69, 9.17) is 4.74 Å². The summed E-state index contributed by atoms with van der Waals surface area (Å²) in [5.41, 5.74) is 0.704. The van der Waals surface area contributed by atoms with Crippen LogP contribution in [0.2, 0.25) is 0 Å². The van der Waals surface area contributed by atoms with E-state index in [1.165, 1.54) is 9.58 Å². The standard InChI is InChI=1S/C13H21N5O4/c1-10-13(18(20)21)11(2)17(15-10)9-12(19)14-3-4-16-5-7-22-8-6-16/h3-9H2,1-2H3,(H,14,19)/p+1. The third-order valence-electron chi connectivity index (χ3n) is 3.82. The van der Waals surface area contributed by atoms with Crippen LogP contribution < -0.4 is 10.2 Å². The topological polar surface area (TPSA) is 104 Å². The number of quaternary nitrogens is 1. The average Bonchev–Trinajstić information content (AvgIpc) is 2.74. The molecule has 9 heteroatoms. The number of aromatic nitrogens is 2. The number of hydrogen-bond acceptors (Lipinski definition) is 5. The predicted molar refractivity (Wildman–Crippen MR) is 77.7 cm³/mol. The Balaban J connectivity index is 1.82. The van der Waals surface area contributed by atoms with Gasteiger partial charge in [-0.2, -0.15) is 5.10 Å². The molecule has 0 spiro atoms. The van der Waals surface area contributed by atoms with Crippen molar-refractivity contribution in [3.8, 4) is 0 Å². The first-order chi connectivity index (χ1) is 10.5. The normalized spacial score (nSPS) is 15.7. The molecule has 1 aromatic rings. The summed E-state index contributed by atoms with van der Waals surface area (Å²) in [5, 5.41) is 17.8. The Morgan fingerprint density at radius 2 is 2.14 bits per heavy atom. The van der Waals surface area contributed by atoms with Gasteiger partial charge >= 0.3 is 5.69 Å². The molecule has 1 aliphatic rings. The average molecular weight is 312 g/mol. The van der Waals surface area contributed by atoms with E-state index in [1.54, 1.807) is 13.8 Å². The Hall–Kier alpha value is -2.00. The molecule has 0 radical (unpaired) electrons. The van der Waals surface area contributed by atoms with E-state index in [1.807, 2.05) is 0 Å². The number of nitrogens with zero attached hydrogens (tertiary/aromatic N) is 3. The summed E-state index contributed by atoms with van der Waals surface area (Å²) in [7, 11) is 0. The molecule has 2 heterocycles. The van der Waals surface area contributed by atoms with E-state index < -0.39 is 4.92 Å². The highest BCUT2D eigenvalue weighted by molar-refractivity contribution is 5.75. The third-order valence-corrected chi connectivity index (χ3v) is 3.82. The fraction of sp³-hybridized carbons (Fsp3) is 0.692. The number of aryl methyl sites for hydroxylation is 1. The fourth-order valence-corrected chi connectivity index (χ4v) is 2.59. The van der Waals surface area contributed by atoms with Gasteiger partial charge < -0.3 is 15.0 Å². The molecule has 22 heavy (non-hydrogen) atoms. The number of carbonyl (C=O) groups is 1. The van der Waals surface area contributed by atoms with E-state index in [0.29, 0.717) is 17.9 Å². The third kappa shape index (κ3) is 4.01. The summed E-state index contributed by atoms with van der Waals surface area (Å²) < 4.78 is 6.66. The number of rotatable bonds is 6. The summed E-state index contributed by atoms with van der Waals surface area (Å²) in [5.74, 6) is -0.187. The molecule has 0 unspecified atom stereocenters. The van der Waals surface area contributed by atoms with E-state index in [2.05, 4.69) is 10.4 Å². The molecule has 1 aromatic heterocycles. The van der Waals surface area contributed by atoms with Crippen molar-refractivity contribution >= 4 is 11.6 Å². The van der Waals surface area contributed by atoms with Gasteiger partial charge in [0.1, 0.15) is 31.0 Å². The molecule has 0 atom stereocenters. The Bertz CT molecular complexity index is 551. The minimum Gasteiger partial charge on any atom is -0.370 e. The van der Waals surface area contributed by atoms with Crippen LogP contribution in [0, 0.1) is 24.0 Å². The minimum atomic E-state index is -0.464. The minimum absolute atomic E-state index is 0.00103. The van der Waals surface area contributed by atoms with Crippen LogP contribution in [-0.2, 0) is 16.1 Å². The first-order valence-electron chi connectivity index (χ1n) is 7.35. The van der Waals surface area contributed by atoms with Crippen LogP contribution in [0.3, 0.4) is 0 Å². The van der Waals surface area contributed by atoms with Crippen molar-refractivity contribution in [1.82, 2.24) is 15.1 Å². The van der Waals surface area contributed by atoms with E-state index in [0.717, 1.165) is 32.8 Å². The number of hydrogen-bond donors (Lipinski definition) is 2. The molecule has 0 aliphatic carbocycles. The molecule has 9 nitrogen and oxygen atoms in total. The summed E-state index contributed by atoms with van der Waals surface area (Å²) in [6, 6.07) is 0. The second-order valence-electron chi connectivity index (χ2n) is 5.40. The lowest BCUT2D eigenvalue weighted by molar-refractivity contribution is -0.906. The molecule has 1 fully saturated rings. The van der Waals surface area contributed by atoms with Crippen molar-refractivity contribution in [1.29, 1.82) is 0 Å². The Morgan fingerprint density at radius 1 is 1.45 bits per heavy atom. The molecule has 1 aliphatic heterocycles. The first kappa shape index (κ1) is 16.4. The van der Waals surface area contributed by atoms with Crippen LogP contribution in [0.5, 0.6) is 0 Å². The second kappa shape index (κ2) is 7.32. The number of nitro groups is 1. The molecule has 122 valence electrons. The van der Waals surface area contributed by atoms with Gasteiger partial charge in [-0.15, -0.1) is 0 Å². The fourth-order valence-electron chi connectivity index (χ4n) is 2.59. The quantitative estimate of drug-likeness (QED) is 0.488. The highest BCUT2D eigenvalue weighted by atomic mass is 16.6. The van der Waals surface area contributed by atoms with Gasteiger partial charge in [-0.05, 0) is 13.8 Å². The summed E-state index contributed by atoms with van der Waals surface area (Å²) >= 11 is 0. The van der Waals surface area contributed by atoms with Crippen molar-refractivity contribution < 1.29 is 19.4 Å². The van der Waals surface area contributed by atoms with E-state index in [-0.39, 0.29) is 18.1 Å². The molecule has 1 saturated heterocycles. The zero-order valence-corrected chi connectivity index (χ0v) is 12.9. The van der Waals surface area contributed by atoms with Crippen LogP contribution in [-0.4, -0.2) is 60.0 Å². The van der Waals surface area contributed by atoms with Gasteiger partial charge in [-0.1, -0.05) is 0 Å². The molecule has 0 bridgehead atoms. The van der Waals surface area contributed by atoms with Gasteiger partial charge in [0.15, 0.2) is 0 Å². The lowest BCUT2D eigenvalue weighted by Crippen LogP contribution is -3.14. The van der Waals surface area contributed by atoms with Crippen molar-refractivity contribution in [2.45, 2.75) is 20.4 Å².